The number of H-pyrrole nitrogens is 1. The van der Waals surface area contributed by atoms with Crippen molar-refractivity contribution in [1.82, 2.24) is 30.1 Å². The van der Waals surface area contributed by atoms with E-state index in [4.69, 9.17) is 10.1 Å². The summed E-state index contributed by atoms with van der Waals surface area (Å²) in [6, 6.07) is 6.09. The second-order valence-electron chi connectivity index (χ2n) is 9.40. The highest BCUT2D eigenvalue weighted by atomic mass is 16.2. The monoisotopic (exact) mass is 434 g/mol. The highest BCUT2D eigenvalue weighted by Gasteiger charge is 2.34. The van der Waals surface area contributed by atoms with E-state index < -0.39 is 0 Å². The van der Waals surface area contributed by atoms with E-state index in [0.717, 1.165) is 43.6 Å². The minimum atomic E-state index is -0.218. The standard InChI is InChI=1S/C23H30N8O/c32-22(24-16-6-2-1-3-7-16)19-9-4-12-30(19)23-26-21(18-8-5-13-31(18)29-23)25-20-14-17(27-28-20)15-10-11-15/h5,8,13-16,19H,1-4,6-7,9-12H2,(H,24,32)(H2,25,26,27,28,29). The van der Waals surface area contributed by atoms with Crippen LogP contribution < -0.4 is 15.5 Å². The van der Waals surface area contributed by atoms with Crippen LogP contribution in [0, 0.1) is 0 Å². The van der Waals surface area contributed by atoms with Gasteiger partial charge in [0, 0.05) is 36.5 Å². The van der Waals surface area contributed by atoms with E-state index in [2.05, 4.69) is 31.8 Å². The van der Waals surface area contributed by atoms with E-state index in [-0.39, 0.29) is 11.9 Å². The van der Waals surface area contributed by atoms with Crippen LogP contribution in [0.5, 0.6) is 0 Å². The van der Waals surface area contributed by atoms with Gasteiger partial charge in [0.05, 0.1) is 0 Å². The van der Waals surface area contributed by atoms with Gasteiger partial charge in [0.2, 0.25) is 11.9 Å². The Labute approximate surface area is 187 Å². The lowest BCUT2D eigenvalue weighted by Crippen LogP contribution is -2.48. The Balaban J connectivity index is 1.25. The maximum Gasteiger partial charge on any atom is 0.246 e. The maximum absolute atomic E-state index is 13.1. The largest absolute Gasteiger partial charge is 0.352 e. The molecule has 1 aliphatic heterocycles. The molecule has 168 valence electrons. The lowest BCUT2D eigenvalue weighted by Gasteiger charge is -2.28. The van der Waals surface area contributed by atoms with Crippen LogP contribution in [-0.2, 0) is 4.79 Å². The zero-order valence-corrected chi connectivity index (χ0v) is 18.3. The summed E-state index contributed by atoms with van der Waals surface area (Å²) in [7, 11) is 0. The number of nitrogens with one attached hydrogen (secondary N) is 3. The van der Waals surface area contributed by atoms with Crippen LogP contribution in [0.3, 0.4) is 0 Å². The molecule has 32 heavy (non-hydrogen) atoms. The Morgan fingerprint density at radius 3 is 2.81 bits per heavy atom. The van der Waals surface area contributed by atoms with Crippen molar-refractivity contribution in [2.24, 2.45) is 0 Å². The number of aromatic amines is 1. The summed E-state index contributed by atoms with van der Waals surface area (Å²) in [6.07, 6.45) is 12.0. The molecule has 3 fully saturated rings. The molecule has 1 amide bonds. The lowest BCUT2D eigenvalue weighted by molar-refractivity contribution is -0.123. The molecule has 4 heterocycles. The van der Waals surface area contributed by atoms with Crippen molar-refractivity contribution in [3.63, 3.8) is 0 Å². The molecular weight excluding hydrogens is 404 g/mol. The van der Waals surface area contributed by atoms with Crippen molar-refractivity contribution in [1.29, 1.82) is 0 Å². The third kappa shape index (κ3) is 3.80. The number of carbonyl (C=O) groups excluding carboxylic acids is 1. The highest BCUT2D eigenvalue weighted by Crippen LogP contribution is 2.39. The highest BCUT2D eigenvalue weighted by molar-refractivity contribution is 5.85. The topological polar surface area (TPSA) is 103 Å². The molecule has 0 bridgehead atoms. The fraction of sp³-hybridized carbons (Fsp3) is 0.565. The van der Waals surface area contributed by atoms with Crippen molar-refractivity contribution in [2.75, 3.05) is 16.8 Å². The maximum atomic E-state index is 13.1. The van der Waals surface area contributed by atoms with Gasteiger partial charge in [0.1, 0.15) is 11.6 Å². The summed E-state index contributed by atoms with van der Waals surface area (Å²) in [5.74, 6) is 2.76. The first-order chi connectivity index (χ1) is 15.7. The average molecular weight is 435 g/mol. The summed E-state index contributed by atoms with van der Waals surface area (Å²) in [6.45, 7) is 0.781. The molecule has 3 aromatic rings. The number of amides is 1. The number of fused-ring (bicyclic) bond motifs is 1. The summed E-state index contributed by atoms with van der Waals surface area (Å²) < 4.78 is 1.83. The first-order valence-electron chi connectivity index (χ1n) is 12.0. The smallest absolute Gasteiger partial charge is 0.246 e. The minimum Gasteiger partial charge on any atom is -0.352 e. The van der Waals surface area contributed by atoms with Crippen LogP contribution in [0.25, 0.3) is 5.52 Å². The van der Waals surface area contributed by atoms with E-state index >= 15 is 0 Å². The van der Waals surface area contributed by atoms with E-state index in [1.54, 1.807) is 0 Å². The van der Waals surface area contributed by atoms with Crippen molar-refractivity contribution >= 4 is 29.0 Å². The van der Waals surface area contributed by atoms with Crippen molar-refractivity contribution in [3.05, 3.63) is 30.1 Å². The van der Waals surface area contributed by atoms with Gasteiger partial charge in [0.15, 0.2) is 11.6 Å². The summed E-state index contributed by atoms with van der Waals surface area (Å²) in [5, 5.41) is 18.9. The first kappa shape index (κ1) is 19.6. The van der Waals surface area contributed by atoms with Gasteiger partial charge < -0.3 is 15.5 Å². The molecule has 0 spiro atoms. The number of rotatable bonds is 6. The van der Waals surface area contributed by atoms with E-state index in [0.29, 0.717) is 23.7 Å². The van der Waals surface area contributed by atoms with E-state index in [1.165, 1.54) is 37.8 Å². The van der Waals surface area contributed by atoms with Crippen LogP contribution >= 0.6 is 0 Å². The number of hydrogen-bond acceptors (Lipinski definition) is 6. The molecule has 1 unspecified atom stereocenters. The molecule has 1 atom stereocenters. The summed E-state index contributed by atoms with van der Waals surface area (Å²) in [5.41, 5.74) is 2.05. The number of nitrogens with zero attached hydrogens (tertiary/aromatic N) is 5. The third-order valence-corrected chi connectivity index (χ3v) is 7.01. The predicted molar refractivity (Wildman–Crippen MR) is 122 cm³/mol. The quantitative estimate of drug-likeness (QED) is 0.549. The second-order valence-corrected chi connectivity index (χ2v) is 9.40. The van der Waals surface area contributed by atoms with Crippen molar-refractivity contribution < 1.29 is 4.79 Å². The lowest BCUT2D eigenvalue weighted by atomic mass is 9.95. The van der Waals surface area contributed by atoms with E-state index in [9.17, 15) is 4.79 Å². The second kappa shape index (κ2) is 8.11. The molecule has 9 heteroatoms. The van der Waals surface area contributed by atoms with Gasteiger partial charge in [-0.2, -0.15) is 10.1 Å². The Kier molecular flexibility index (Phi) is 4.96. The van der Waals surface area contributed by atoms with Crippen molar-refractivity contribution in [2.45, 2.75) is 75.8 Å². The predicted octanol–water partition coefficient (Wildman–Crippen LogP) is 3.49. The molecular formula is C23H30N8O. The van der Waals surface area contributed by atoms with Gasteiger partial charge >= 0.3 is 0 Å². The number of anilines is 3. The van der Waals surface area contributed by atoms with Crippen LogP contribution in [0.15, 0.2) is 24.4 Å². The Morgan fingerprint density at radius 1 is 1.09 bits per heavy atom. The molecule has 3 N–H and O–H groups in total. The number of carbonyl (C=O) groups is 1. The SMILES string of the molecule is O=C(NC1CCCCC1)C1CCCN1c1nc(Nc2cc(C3CC3)[nH]n2)c2cccn2n1. The fourth-order valence-corrected chi connectivity index (χ4v) is 5.09. The molecule has 2 saturated carbocycles. The molecule has 0 radical (unpaired) electrons. The van der Waals surface area contributed by atoms with E-state index in [1.807, 2.05) is 22.8 Å². The third-order valence-electron chi connectivity index (χ3n) is 7.01. The molecule has 1 saturated heterocycles. The first-order valence-corrected chi connectivity index (χ1v) is 12.0. The van der Waals surface area contributed by atoms with Crippen LogP contribution in [0.2, 0.25) is 0 Å². The molecule has 3 aromatic heterocycles. The molecule has 2 aliphatic carbocycles. The average Bonchev–Trinajstić information content (AvgIpc) is 3.20. The van der Waals surface area contributed by atoms with Gasteiger partial charge in [-0.05, 0) is 50.7 Å². The van der Waals surface area contributed by atoms with Crippen LogP contribution in [0.1, 0.15) is 69.4 Å². The minimum absolute atomic E-state index is 0.112. The van der Waals surface area contributed by atoms with Crippen LogP contribution in [-0.4, -0.2) is 49.3 Å². The molecule has 3 aliphatic rings. The fourth-order valence-electron chi connectivity index (χ4n) is 5.09. The molecule has 6 rings (SSSR count). The number of hydrogen-bond donors (Lipinski definition) is 3. The Morgan fingerprint density at radius 2 is 1.97 bits per heavy atom. The molecule has 0 aromatic carbocycles. The molecule has 9 nitrogen and oxygen atoms in total. The van der Waals surface area contributed by atoms with Gasteiger partial charge in [-0.25, -0.2) is 4.52 Å². The summed E-state index contributed by atoms with van der Waals surface area (Å²) in [4.78, 5) is 20.0. The number of aromatic nitrogens is 5. The van der Waals surface area contributed by atoms with Gasteiger partial charge in [-0.1, -0.05) is 19.3 Å². The van der Waals surface area contributed by atoms with Gasteiger partial charge in [0.25, 0.3) is 0 Å². The van der Waals surface area contributed by atoms with Gasteiger partial charge in [-0.3, -0.25) is 9.89 Å². The Bertz CT molecular complexity index is 1110. The summed E-state index contributed by atoms with van der Waals surface area (Å²) >= 11 is 0. The zero-order chi connectivity index (χ0) is 21.5. The van der Waals surface area contributed by atoms with Gasteiger partial charge in [-0.15, -0.1) is 5.10 Å². The Hall–Kier alpha value is -3.10. The normalized spacial score (nSPS) is 21.9. The zero-order valence-electron chi connectivity index (χ0n) is 18.3. The van der Waals surface area contributed by atoms with Crippen molar-refractivity contribution in [3.8, 4) is 0 Å². The van der Waals surface area contributed by atoms with Crippen LogP contribution in [0.4, 0.5) is 17.6 Å².